The minimum atomic E-state index is -0.813. The molecule has 0 spiro atoms. The van der Waals surface area contributed by atoms with Crippen molar-refractivity contribution in [3.05, 3.63) is 0 Å². The molecule has 0 aliphatic heterocycles. The van der Waals surface area contributed by atoms with E-state index in [4.69, 9.17) is 0 Å². The zero-order valence-corrected chi connectivity index (χ0v) is 12.4. The third-order valence-electron chi connectivity index (χ3n) is 4.90. The smallest absolute Gasteiger partial charge is 0.307 e. The van der Waals surface area contributed by atoms with E-state index in [1.165, 1.54) is 32.1 Å². The summed E-state index contributed by atoms with van der Waals surface area (Å²) in [6.07, 6.45) is 9.62. The van der Waals surface area contributed by atoms with Gasteiger partial charge in [0.1, 0.15) is 0 Å². The number of carbonyl (C=O) groups is 2. The highest BCUT2D eigenvalue weighted by Gasteiger charge is 2.41. The molecule has 3 atom stereocenters. The van der Waals surface area contributed by atoms with Gasteiger partial charge in [-0.25, -0.2) is 0 Å². The standard InChI is InChI=1S/C16H27NO3/c1-11-9-13(14(10-11)16(19)20)15(18)17-12-7-5-3-2-4-6-8-12/h11-14H,2-10H2,1H3,(H,17,18)(H,19,20). The highest BCUT2D eigenvalue weighted by Crippen LogP contribution is 2.36. The molecule has 3 unspecified atom stereocenters. The summed E-state index contributed by atoms with van der Waals surface area (Å²) in [6.45, 7) is 2.04. The summed E-state index contributed by atoms with van der Waals surface area (Å²) in [6, 6.07) is 0.258. The van der Waals surface area contributed by atoms with Crippen molar-refractivity contribution in [2.45, 2.75) is 70.8 Å². The molecule has 0 radical (unpaired) electrons. The highest BCUT2D eigenvalue weighted by molar-refractivity contribution is 5.85. The quantitative estimate of drug-likeness (QED) is 0.835. The van der Waals surface area contributed by atoms with Gasteiger partial charge >= 0.3 is 5.97 Å². The normalized spacial score (nSPS) is 32.4. The Kier molecular flexibility index (Phi) is 5.44. The molecule has 2 saturated carbocycles. The van der Waals surface area contributed by atoms with E-state index in [1.807, 2.05) is 6.92 Å². The minimum Gasteiger partial charge on any atom is -0.481 e. The van der Waals surface area contributed by atoms with Crippen molar-refractivity contribution in [2.75, 3.05) is 0 Å². The van der Waals surface area contributed by atoms with E-state index in [2.05, 4.69) is 5.32 Å². The number of hydrogen-bond donors (Lipinski definition) is 2. The van der Waals surface area contributed by atoms with Crippen molar-refractivity contribution < 1.29 is 14.7 Å². The molecule has 0 aromatic heterocycles. The number of amides is 1. The van der Waals surface area contributed by atoms with Crippen molar-refractivity contribution in [3.63, 3.8) is 0 Å². The van der Waals surface area contributed by atoms with Gasteiger partial charge in [0.2, 0.25) is 5.91 Å². The molecule has 2 aliphatic carbocycles. The van der Waals surface area contributed by atoms with E-state index in [-0.39, 0.29) is 17.9 Å². The molecule has 2 N–H and O–H groups in total. The number of nitrogens with one attached hydrogen (secondary N) is 1. The van der Waals surface area contributed by atoms with Gasteiger partial charge in [0.15, 0.2) is 0 Å². The lowest BCUT2D eigenvalue weighted by molar-refractivity contribution is -0.146. The molecular formula is C16H27NO3. The molecular weight excluding hydrogens is 254 g/mol. The van der Waals surface area contributed by atoms with Crippen LogP contribution < -0.4 is 5.32 Å². The van der Waals surface area contributed by atoms with E-state index < -0.39 is 11.9 Å². The minimum absolute atomic E-state index is 0.0210. The number of rotatable bonds is 3. The Balaban J connectivity index is 1.90. The van der Waals surface area contributed by atoms with E-state index >= 15 is 0 Å². The Morgan fingerprint density at radius 3 is 2.10 bits per heavy atom. The summed E-state index contributed by atoms with van der Waals surface area (Å²) < 4.78 is 0. The first-order valence-electron chi connectivity index (χ1n) is 8.11. The molecule has 0 aromatic rings. The fourth-order valence-corrected chi connectivity index (χ4v) is 3.76. The summed E-state index contributed by atoms with van der Waals surface area (Å²) in [5, 5.41) is 12.4. The van der Waals surface area contributed by atoms with Crippen LogP contribution in [-0.4, -0.2) is 23.0 Å². The average Bonchev–Trinajstić information content (AvgIpc) is 2.75. The fraction of sp³-hybridized carbons (Fsp3) is 0.875. The van der Waals surface area contributed by atoms with Gasteiger partial charge in [0.25, 0.3) is 0 Å². The lowest BCUT2D eigenvalue weighted by Crippen LogP contribution is -2.41. The molecule has 20 heavy (non-hydrogen) atoms. The lowest BCUT2D eigenvalue weighted by atomic mass is 9.93. The van der Waals surface area contributed by atoms with Crippen LogP contribution in [-0.2, 0) is 9.59 Å². The molecule has 2 rings (SSSR count). The summed E-state index contributed by atoms with van der Waals surface area (Å²) in [7, 11) is 0. The van der Waals surface area contributed by atoms with Gasteiger partial charge in [0, 0.05) is 6.04 Å². The summed E-state index contributed by atoms with van der Waals surface area (Å²) >= 11 is 0. The van der Waals surface area contributed by atoms with Gasteiger partial charge in [-0.1, -0.05) is 39.0 Å². The van der Waals surface area contributed by atoms with E-state index in [1.54, 1.807) is 0 Å². The van der Waals surface area contributed by atoms with Crippen LogP contribution in [0.1, 0.15) is 64.7 Å². The Hall–Kier alpha value is -1.06. The second kappa shape index (κ2) is 7.09. The first-order chi connectivity index (χ1) is 9.58. The number of aliphatic carboxylic acids is 1. The Morgan fingerprint density at radius 1 is 0.950 bits per heavy atom. The van der Waals surface area contributed by atoms with Crippen molar-refractivity contribution in [2.24, 2.45) is 17.8 Å². The Labute approximate surface area is 121 Å². The van der Waals surface area contributed by atoms with Crippen LogP contribution in [0.3, 0.4) is 0 Å². The molecule has 114 valence electrons. The van der Waals surface area contributed by atoms with Crippen LogP contribution >= 0.6 is 0 Å². The molecule has 0 bridgehead atoms. The summed E-state index contributed by atoms with van der Waals surface area (Å²) in [4.78, 5) is 23.7. The predicted octanol–water partition coefficient (Wildman–Crippen LogP) is 2.96. The largest absolute Gasteiger partial charge is 0.481 e. The third kappa shape index (κ3) is 3.97. The molecule has 4 heteroatoms. The van der Waals surface area contributed by atoms with Crippen molar-refractivity contribution in [1.82, 2.24) is 5.32 Å². The van der Waals surface area contributed by atoms with Crippen molar-refractivity contribution in [3.8, 4) is 0 Å². The predicted molar refractivity (Wildman–Crippen MR) is 77.3 cm³/mol. The number of hydrogen-bond acceptors (Lipinski definition) is 2. The maximum Gasteiger partial charge on any atom is 0.307 e. The Morgan fingerprint density at radius 2 is 1.50 bits per heavy atom. The molecule has 4 nitrogen and oxygen atoms in total. The maximum atomic E-state index is 12.4. The topological polar surface area (TPSA) is 66.4 Å². The summed E-state index contributed by atoms with van der Waals surface area (Å²) in [5.74, 6) is -1.31. The van der Waals surface area contributed by atoms with Crippen molar-refractivity contribution >= 4 is 11.9 Å². The number of carboxylic acid groups (broad SMARTS) is 1. The van der Waals surface area contributed by atoms with Crippen LogP contribution in [0, 0.1) is 17.8 Å². The molecule has 0 heterocycles. The zero-order chi connectivity index (χ0) is 14.5. The van der Waals surface area contributed by atoms with Crippen molar-refractivity contribution in [1.29, 1.82) is 0 Å². The lowest BCUT2D eigenvalue weighted by Gasteiger charge is -2.24. The molecule has 0 saturated heterocycles. The van der Waals surface area contributed by atoms with Crippen LogP contribution in [0.5, 0.6) is 0 Å². The van der Waals surface area contributed by atoms with Gasteiger partial charge in [-0.3, -0.25) is 9.59 Å². The third-order valence-corrected chi connectivity index (χ3v) is 4.90. The van der Waals surface area contributed by atoms with Gasteiger partial charge < -0.3 is 10.4 Å². The second-order valence-corrected chi connectivity index (χ2v) is 6.68. The fourth-order valence-electron chi connectivity index (χ4n) is 3.76. The van der Waals surface area contributed by atoms with Crippen LogP contribution in [0.25, 0.3) is 0 Å². The maximum absolute atomic E-state index is 12.4. The SMILES string of the molecule is CC1CC(C(=O)O)C(C(=O)NC2CCCCCCC2)C1. The Bertz CT molecular complexity index is 348. The first kappa shape index (κ1) is 15.3. The zero-order valence-electron chi connectivity index (χ0n) is 12.4. The van der Waals surface area contributed by atoms with Crippen LogP contribution in [0.4, 0.5) is 0 Å². The average molecular weight is 281 g/mol. The monoisotopic (exact) mass is 281 g/mol. The molecule has 2 fully saturated rings. The van der Waals surface area contributed by atoms with E-state index in [9.17, 15) is 14.7 Å². The first-order valence-corrected chi connectivity index (χ1v) is 8.11. The summed E-state index contributed by atoms with van der Waals surface area (Å²) in [5.41, 5.74) is 0. The van der Waals surface area contributed by atoms with Gasteiger partial charge in [-0.2, -0.15) is 0 Å². The van der Waals surface area contributed by atoms with Crippen LogP contribution in [0.15, 0.2) is 0 Å². The molecule has 0 aromatic carbocycles. The van der Waals surface area contributed by atoms with E-state index in [0.29, 0.717) is 12.3 Å². The molecule has 2 aliphatic rings. The second-order valence-electron chi connectivity index (χ2n) is 6.68. The number of carbonyl (C=O) groups excluding carboxylic acids is 1. The van der Waals surface area contributed by atoms with E-state index in [0.717, 1.165) is 19.3 Å². The van der Waals surface area contributed by atoms with Gasteiger partial charge in [-0.15, -0.1) is 0 Å². The van der Waals surface area contributed by atoms with Gasteiger partial charge in [0.05, 0.1) is 11.8 Å². The number of carboxylic acids is 1. The van der Waals surface area contributed by atoms with Gasteiger partial charge in [-0.05, 0) is 31.6 Å². The van der Waals surface area contributed by atoms with Crippen LogP contribution in [0.2, 0.25) is 0 Å². The highest BCUT2D eigenvalue weighted by atomic mass is 16.4. The molecule has 1 amide bonds.